The van der Waals surface area contributed by atoms with E-state index in [1.54, 1.807) is 0 Å². The van der Waals surface area contributed by atoms with Crippen molar-refractivity contribution in [2.75, 3.05) is 39.3 Å². The molecule has 3 heterocycles. The molecule has 0 bridgehead atoms. The maximum atomic E-state index is 10.6. The molecule has 0 radical (unpaired) electrons. The van der Waals surface area contributed by atoms with E-state index in [2.05, 4.69) is 56.2 Å². The Balaban J connectivity index is 1.15. The molecule has 1 aliphatic rings. The molecule has 2 atom stereocenters. The van der Waals surface area contributed by atoms with Crippen molar-refractivity contribution in [3.8, 4) is 5.88 Å². The van der Waals surface area contributed by atoms with Gasteiger partial charge in [-0.25, -0.2) is 4.98 Å². The number of rotatable bonds is 8. The van der Waals surface area contributed by atoms with Crippen LogP contribution < -0.4 is 4.74 Å². The number of benzene rings is 2. The maximum absolute atomic E-state index is 10.6. The van der Waals surface area contributed by atoms with Crippen molar-refractivity contribution in [3.63, 3.8) is 0 Å². The number of pyridine rings is 2. The molecule has 6 nitrogen and oxygen atoms in total. The fraction of sp³-hybridized carbons (Fsp3) is 0.286. The number of fused-ring (bicyclic) bond motifs is 1. The van der Waals surface area contributed by atoms with Crippen molar-refractivity contribution >= 4 is 10.9 Å². The van der Waals surface area contributed by atoms with Crippen molar-refractivity contribution < 1.29 is 9.84 Å². The van der Waals surface area contributed by atoms with Gasteiger partial charge in [0.2, 0.25) is 5.88 Å². The molecule has 0 spiro atoms. The molecule has 1 aliphatic heterocycles. The second-order valence-electron chi connectivity index (χ2n) is 8.71. The van der Waals surface area contributed by atoms with Gasteiger partial charge in [-0.05, 0) is 29.8 Å². The SMILES string of the molecule is OC(COc1ccc2ccccc2n1)CN1CCN(C(c2ccccc2)c2ccccn2)CC1. The second kappa shape index (κ2) is 10.7. The molecule has 174 valence electrons. The minimum absolute atomic E-state index is 0.136. The molecule has 1 N–H and O–H groups in total. The van der Waals surface area contributed by atoms with Crippen LogP contribution in [0.1, 0.15) is 17.3 Å². The fourth-order valence-corrected chi connectivity index (χ4v) is 4.61. The molecule has 0 saturated carbocycles. The highest BCUT2D eigenvalue weighted by atomic mass is 16.5. The minimum atomic E-state index is -0.569. The normalized spacial score (nSPS) is 16.9. The topological polar surface area (TPSA) is 61.7 Å². The molecule has 2 aromatic carbocycles. The number of hydrogen-bond acceptors (Lipinski definition) is 6. The van der Waals surface area contributed by atoms with Crippen LogP contribution in [0.2, 0.25) is 0 Å². The van der Waals surface area contributed by atoms with Gasteiger partial charge in [-0.1, -0.05) is 54.6 Å². The third-order valence-corrected chi connectivity index (χ3v) is 6.32. The maximum Gasteiger partial charge on any atom is 0.213 e. The zero-order chi connectivity index (χ0) is 23.2. The van der Waals surface area contributed by atoms with Crippen LogP contribution in [0.25, 0.3) is 10.9 Å². The van der Waals surface area contributed by atoms with E-state index in [-0.39, 0.29) is 12.6 Å². The lowest BCUT2D eigenvalue weighted by Gasteiger charge is -2.39. The minimum Gasteiger partial charge on any atom is -0.475 e. The van der Waals surface area contributed by atoms with Crippen LogP contribution in [0, 0.1) is 0 Å². The first kappa shape index (κ1) is 22.5. The van der Waals surface area contributed by atoms with Gasteiger partial charge in [0.25, 0.3) is 0 Å². The Bertz CT molecular complexity index is 1140. The van der Waals surface area contributed by atoms with Gasteiger partial charge in [-0.2, -0.15) is 0 Å². The lowest BCUT2D eigenvalue weighted by Crippen LogP contribution is -2.50. The molecule has 5 rings (SSSR count). The van der Waals surface area contributed by atoms with Crippen molar-refractivity contribution in [2.45, 2.75) is 12.1 Å². The number of hydrogen-bond donors (Lipinski definition) is 1. The van der Waals surface area contributed by atoms with E-state index in [0.717, 1.165) is 42.8 Å². The average molecular weight is 455 g/mol. The van der Waals surface area contributed by atoms with E-state index in [9.17, 15) is 5.11 Å². The smallest absolute Gasteiger partial charge is 0.213 e. The molecule has 2 aromatic heterocycles. The van der Waals surface area contributed by atoms with E-state index in [1.807, 2.05) is 54.7 Å². The summed E-state index contributed by atoms with van der Waals surface area (Å²) in [5, 5.41) is 11.7. The zero-order valence-corrected chi connectivity index (χ0v) is 19.2. The Labute approximate surface area is 200 Å². The number of nitrogens with zero attached hydrogens (tertiary/aromatic N) is 4. The van der Waals surface area contributed by atoms with Crippen LogP contribution in [-0.4, -0.2) is 70.3 Å². The van der Waals surface area contributed by atoms with E-state index in [4.69, 9.17) is 4.74 Å². The second-order valence-corrected chi connectivity index (χ2v) is 8.71. The Hall–Kier alpha value is -3.32. The number of ether oxygens (including phenoxy) is 1. The quantitative estimate of drug-likeness (QED) is 0.437. The van der Waals surface area contributed by atoms with Gasteiger partial charge in [0, 0.05) is 50.4 Å². The summed E-state index contributed by atoms with van der Waals surface area (Å²) in [5.41, 5.74) is 3.22. The van der Waals surface area contributed by atoms with Gasteiger partial charge in [0.05, 0.1) is 17.3 Å². The number of aromatic nitrogens is 2. The Morgan fingerprint density at radius 1 is 0.824 bits per heavy atom. The standard InChI is InChI=1S/C28H30N4O2/c33-24(21-34-27-14-13-22-8-4-5-11-25(22)30-27)20-31-16-18-32(19-17-31)28(23-9-2-1-3-10-23)26-12-6-7-15-29-26/h1-15,24,28,33H,16-21H2. The molecule has 0 aliphatic carbocycles. The first-order valence-corrected chi connectivity index (χ1v) is 11.9. The number of piperazine rings is 1. The summed E-state index contributed by atoms with van der Waals surface area (Å²) in [5.74, 6) is 0.545. The number of para-hydroxylation sites is 1. The first-order chi connectivity index (χ1) is 16.8. The van der Waals surface area contributed by atoms with Crippen LogP contribution in [0.5, 0.6) is 5.88 Å². The summed E-state index contributed by atoms with van der Waals surface area (Å²) in [7, 11) is 0. The van der Waals surface area contributed by atoms with Gasteiger partial charge in [0.15, 0.2) is 0 Å². The molecule has 1 saturated heterocycles. The van der Waals surface area contributed by atoms with Gasteiger partial charge >= 0.3 is 0 Å². The highest BCUT2D eigenvalue weighted by Gasteiger charge is 2.27. The van der Waals surface area contributed by atoms with Crippen molar-refractivity contribution in [3.05, 3.63) is 102 Å². The zero-order valence-electron chi connectivity index (χ0n) is 19.2. The summed E-state index contributed by atoms with van der Waals surface area (Å²) >= 11 is 0. The Kier molecular flexibility index (Phi) is 7.10. The van der Waals surface area contributed by atoms with Gasteiger partial charge < -0.3 is 9.84 Å². The van der Waals surface area contributed by atoms with E-state index in [1.165, 1.54) is 5.56 Å². The average Bonchev–Trinajstić information content (AvgIpc) is 2.90. The Morgan fingerprint density at radius 3 is 2.38 bits per heavy atom. The molecular formula is C28H30N4O2. The van der Waals surface area contributed by atoms with Crippen molar-refractivity contribution in [2.24, 2.45) is 0 Å². The summed E-state index contributed by atoms with van der Waals surface area (Å²) in [4.78, 5) is 14.0. The highest BCUT2D eigenvalue weighted by molar-refractivity contribution is 5.78. The van der Waals surface area contributed by atoms with Crippen molar-refractivity contribution in [1.82, 2.24) is 19.8 Å². The van der Waals surface area contributed by atoms with Gasteiger partial charge in [-0.3, -0.25) is 14.8 Å². The first-order valence-electron chi connectivity index (χ1n) is 11.9. The lowest BCUT2D eigenvalue weighted by atomic mass is 10.0. The molecular weight excluding hydrogens is 424 g/mol. The summed E-state index contributed by atoms with van der Waals surface area (Å²) < 4.78 is 5.79. The molecule has 1 fully saturated rings. The molecule has 34 heavy (non-hydrogen) atoms. The van der Waals surface area contributed by atoms with Crippen LogP contribution in [0.15, 0.2) is 91.1 Å². The van der Waals surface area contributed by atoms with Crippen LogP contribution in [0.3, 0.4) is 0 Å². The fourth-order valence-electron chi connectivity index (χ4n) is 4.61. The highest BCUT2D eigenvalue weighted by Crippen LogP contribution is 2.28. The van der Waals surface area contributed by atoms with Gasteiger partial charge in [0.1, 0.15) is 12.7 Å². The third-order valence-electron chi connectivity index (χ3n) is 6.32. The molecule has 0 amide bonds. The number of aliphatic hydroxyl groups excluding tert-OH is 1. The molecule has 6 heteroatoms. The predicted molar refractivity (Wildman–Crippen MR) is 134 cm³/mol. The predicted octanol–water partition coefficient (Wildman–Crippen LogP) is 3.78. The van der Waals surface area contributed by atoms with E-state index < -0.39 is 6.10 Å². The number of aliphatic hydroxyl groups is 1. The monoisotopic (exact) mass is 454 g/mol. The van der Waals surface area contributed by atoms with Crippen LogP contribution >= 0.6 is 0 Å². The third kappa shape index (κ3) is 5.42. The largest absolute Gasteiger partial charge is 0.475 e. The van der Waals surface area contributed by atoms with Crippen LogP contribution in [0.4, 0.5) is 0 Å². The van der Waals surface area contributed by atoms with E-state index in [0.29, 0.717) is 12.4 Å². The van der Waals surface area contributed by atoms with E-state index >= 15 is 0 Å². The van der Waals surface area contributed by atoms with Gasteiger partial charge in [-0.15, -0.1) is 0 Å². The summed E-state index contributed by atoms with van der Waals surface area (Å²) in [6.07, 6.45) is 1.29. The summed E-state index contributed by atoms with van der Waals surface area (Å²) in [6.45, 7) is 4.42. The van der Waals surface area contributed by atoms with Crippen LogP contribution in [-0.2, 0) is 0 Å². The molecule has 2 unspecified atom stereocenters. The molecule has 4 aromatic rings. The number of β-amino-alcohol motifs (C(OH)–C–C–N with tert-alkyl or cyclic N) is 1. The summed E-state index contributed by atoms with van der Waals surface area (Å²) in [6, 6.07) is 28.6. The lowest BCUT2D eigenvalue weighted by molar-refractivity contribution is 0.0388. The Morgan fingerprint density at radius 2 is 1.59 bits per heavy atom. The van der Waals surface area contributed by atoms with Crippen molar-refractivity contribution in [1.29, 1.82) is 0 Å².